The number of aromatic amines is 1. The molecule has 0 aliphatic carbocycles. The van der Waals surface area contributed by atoms with Crippen LogP contribution in [0.4, 0.5) is 0 Å². The number of aromatic nitrogens is 6. The second-order valence-electron chi connectivity index (χ2n) is 7.42. The smallest absolute Gasteiger partial charge is 0.181 e. The molecule has 5 rings (SSSR count). The lowest BCUT2D eigenvalue weighted by Crippen LogP contribution is -2.34. The third-order valence-electron chi connectivity index (χ3n) is 5.67. The van der Waals surface area contributed by atoms with Crippen molar-refractivity contribution in [3.05, 3.63) is 35.2 Å². The summed E-state index contributed by atoms with van der Waals surface area (Å²) in [6.45, 7) is 8.02. The van der Waals surface area contributed by atoms with Gasteiger partial charge in [-0.3, -0.25) is 10.00 Å². The summed E-state index contributed by atoms with van der Waals surface area (Å²) in [6.07, 6.45) is 4.24. The van der Waals surface area contributed by atoms with Crippen molar-refractivity contribution in [1.29, 1.82) is 0 Å². The maximum Gasteiger partial charge on any atom is 0.181 e. The minimum Gasteiger partial charge on any atom is -0.312 e. The van der Waals surface area contributed by atoms with Crippen molar-refractivity contribution < 1.29 is 0 Å². The second kappa shape index (κ2) is 6.44. The molecule has 2 N–H and O–H groups in total. The summed E-state index contributed by atoms with van der Waals surface area (Å²) in [7, 11) is 0. The molecular weight excluding hydrogens is 328 g/mol. The highest BCUT2D eigenvalue weighted by atomic mass is 15.3. The van der Waals surface area contributed by atoms with Crippen LogP contribution in [0.5, 0.6) is 0 Å². The lowest BCUT2D eigenvalue weighted by Gasteiger charge is -2.32. The number of nitrogens with zero attached hydrogens (tertiary/aromatic N) is 6. The van der Waals surface area contributed by atoms with Crippen LogP contribution in [0.2, 0.25) is 0 Å². The number of hydrogen-bond acceptors (Lipinski definition) is 6. The van der Waals surface area contributed by atoms with E-state index in [1.807, 2.05) is 13.1 Å². The third kappa shape index (κ3) is 2.79. The molecule has 136 valence electrons. The van der Waals surface area contributed by atoms with E-state index < -0.39 is 0 Å². The SMILES string of the molecule is Cc1[nH]nc2ncc(CN3CCC(c4nnc5n4CCNC5)CC3)cc12. The first-order valence-corrected chi connectivity index (χ1v) is 9.42. The molecule has 0 radical (unpaired) electrons. The Bertz CT molecular complexity index is 919. The van der Waals surface area contributed by atoms with Crippen LogP contribution >= 0.6 is 0 Å². The zero-order chi connectivity index (χ0) is 17.5. The fourth-order valence-electron chi connectivity index (χ4n) is 4.17. The average Bonchev–Trinajstić information content (AvgIpc) is 3.27. The summed E-state index contributed by atoms with van der Waals surface area (Å²) in [5.74, 6) is 2.81. The molecule has 0 spiro atoms. The number of fused-ring (bicyclic) bond motifs is 2. The maximum absolute atomic E-state index is 4.50. The number of hydrogen-bond donors (Lipinski definition) is 2. The summed E-state index contributed by atoms with van der Waals surface area (Å²) in [5, 5.41) is 20.6. The van der Waals surface area contributed by atoms with E-state index >= 15 is 0 Å². The van der Waals surface area contributed by atoms with Gasteiger partial charge in [-0.05, 0) is 44.5 Å². The van der Waals surface area contributed by atoms with E-state index in [1.165, 1.54) is 11.4 Å². The van der Waals surface area contributed by atoms with Crippen molar-refractivity contribution in [3.8, 4) is 0 Å². The summed E-state index contributed by atoms with van der Waals surface area (Å²) >= 11 is 0. The Morgan fingerprint density at radius 3 is 2.96 bits per heavy atom. The van der Waals surface area contributed by atoms with Gasteiger partial charge in [-0.1, -0.05) is 0 Å². The molecule has 2 aliphatic rings. The van der Waals surface area contributed by atoms with Crippen LogP contribution in [-0.2, 0) is 19.6 Å². The molecule has 0 atom stereocenters. The Morgan fingerprint density at radius 2 is 2.08 bits per heavy atom. The predicted molar refractivity (Wildman–Crippen MR) is 97.6 cm³/mol. The fourth-order valence-corrected chi connectivity index (χ4v) is 4.17. The van der Waals surface area contributed by atoms with Gasteiger partial charge in [0, 0.05) is 42.8 Å². The minimum atomic E-state index is 0.530. The number of rotatable bonds is 3. The zero-order valence-corrected chi connectivity index (χ0v) is 15.1. The molecular formula is C18H24N8. The Morgan fingerprint density at radius 1 is 1.19 bits per heavy atom. The minimum absolute atomic E-state index is 0.530. The van der Waals surface area contributed by atoms with Gasteiger partial charge in [0.25, 0.3) is 0 Å². The van der Waals surface area contributed by atoms with Gasteiger partial charge in [0.2, 0.25) is 0 Å². The van der Waals surface area contributed by atoms with Gasteiger partial charge in [-0.2, -0.15) is 5.10 Å². The van der Waals surface area contributed by atoms with Crippen LogP contribution in [0.25, 0.3) is 11.0 Å². The molecule has 0 amide bonds. The van der Waals surface area contributed by atoms with Gasteiger partial charge in [-0.25, -0.2) is 4.98 Å². The second-order valence-corrected chi connectivity index (χ2v) is 7.42. The summed E-state index contributed by atoms with van der Waals surface area (Å²) in [5.41, 5.74) is 3.14. The Hall–Kier alpha value is -2.32. The summed E-state index contributed by atoms with van der Waals surface area (Å²) < 4.78 is 2.33. The van der Waals surface area contributed by atoms with Crippen LogP contribution in [-0.4, -0.2) is 54.5 Å². The van der Waals surface area contributed by atoms with E-state index in [0.29, 0.717) is 5.92 Å². The molecule has 1 fully saturated rings. The first kappa shape index (κ1) is 15.9. The van der Waals surface area contributed by atoms with E-state index in [9.17, 15) is 0 Å². The van der Waals surface area contributed by atoms with E-state index in [0.717, 1.165) is 74.7 Å². The fraction of sp³-hybridized carbons (Fsp3) is 0.556. The Balaban J connectivity index is 1.25. The Labute approximate surface area is 152 Å². The number of likely N-dealkylation sites (tertiary alicyclic amines) is 1. The van der Waals surface area contributed by atoms with Crippen molar-refractivity contribution in [2.24, 2.45) is 0 Å². The lowest BCUT2D eigenvalue weighted by atomic mass is 9.95. The molecule has 0 bridgehead atoms. The first-order chi connectivity index (χ1) is 12.8. The van der Waals surface area contributed by atoms with Crippen molar-refractivity contribution in [2.45, 2.75) is 45.3 Å². The normalized spacial score (nSPS) is 19.1. The predicted octanol–water partition coefficient (Wildman–Crippen LogP) is 1.34. The maximum atomic E-state index is 4.50. The van der Waals surface area contributed by atoms with Crippen LogP contribution in [0.15, 0.2) is 12.3 Å². The van der Waals surface area contributed by atoms with E-state index in [2.05, 4.69) is 46.2 Å². The van der Waals surface area contributed by atoms with E-state index in [1.54, 1.807) is 0 Å². The molecule has 3 aromatic heterocycles. The van der Waals surface area contributed by atoms with Gasteiger partial charge in [0.15, 0.2) is 5.65 Å². The quantitative estimate of drug-likeness (QED) is 0.740. The third-order valence-corrected chi connectivity index (χ3v) is 5.67. The molecule has 2 aliphatic heterocycles. The average molecular weight is 352 g/mol. The van der Waals surface area contributed by atoms with Gasteiger partial charge < -0.3 is 9.88 Å². The highest BCUT2D eigenvalue weighted by molar-refractivity contribution is 5.77. The number of pyridine rings is 1. The van der Waals surface area contributed by atoms with Crippen molar-refractivity contribution in [1.82, 2.24) is 40.2 Å². The van der Waals surface area contributed by atoms with Crippen molar-refractivity contribution in [3.63, 3.8) is 0 Å². The van der Waals surface area contributed by atoms with Crippen molar-refractivity contribution >= 4 is 11.0 Å². The largest absolute Gasteiger partial charge is 0.312 e. The summed E-state index contributed by atoms with van der Waals surface area (Å²) in [6, 6.07) is 2.22. The molecule has 0 saturated carbocycles. The molecule has 3 aromatic rings. The van der Waals surface area contributed by atoms with Crippen LogP contribution in [0.1, 0.15) is 41.7 Å². The highest BCUT2D eigenvalue weighted by Crippen LogP contribution is 2.28. The van der Waals surface area contributed by atoms with Crippen LogP contribution in [0.3, 0.4) is 0 Å². The van der Waals surface area contributed by atoms with Crippen molar-refractivity contribution in [2.75, 3.05) is 19.6 Å². The van der Waals surface area contributed by atoms with Gasteiger partial charge in [-0.15, -0.1) is 10.2 Å². The molecule has 8 nitrogen and oxygen atoms in total. The van der Waals surface area contributed by atoms with Gasteiger partial charge in [0.1, 0.15) is 11.6 Å². The number of aryl methyl sites for hydroxylation is 1. The number of nitrogens with one attached hydrogen (secondary N) is 2. The number of H-pyrrole nitrogens is 1. The van der Waals surface area contributed by atoms with Crippen LogP contribution in [0, 0.1) is 6.92 Å². The lowest BCUT2D eigenvalue weighted by molar-refractivity contribution is 0.199. The standard InChI is InChI=1S/C18H24N8/c1-12-15-8-13(9-20-17(15)23-21-12)11-25-5-2-14(3-6-25)18-24-22-16-10-19-4-7-26(16)18/h8-9,14,19H,2-7,10-11H2,1H3,(H,20,21,23). The molecule has 8 heteroatoms. The number of piperidine rings is 1. The van der Waals surface area contributed by atoms with E-state index in [4.69, 9.17) is 0 Å². The van der Waals surface area contributed by atoms with Gasteiger partial charge in [0.05, 0.1) is 6.54 Å². The molecule has 26 heavy (non-hydrogen) atoms. The van der Waals surface area contributed by atoms with E-state index in [-0.39, 0.29) is 0 Å². The topological polar surface area (TPSA) is 87.6 Å². The first-order valence-electron chi connectivity index (χ1n) is 9.42. The van der Waals surface area contributed by atoms with Gasteiger partial charge >= 0.3 is 0 Å². The molecule has 5 heterocycles. The summed E-state index contributed by atoms with van der Waals surface area (Å²) in [4.78, 5) is 6.99. The highest BCUT2D eigenvalue weighted by Gasteiger charge is 2.27. The molecule has 1 saturated heterocycles. The Kier molecular flexibility index (Phi) is 3.94. The monoisotopic (exact) mass is 352 g/mol. The zero-order valence-electron chi connectivity index (χ0n) is 15.1. The molecule has 0 aromatic carbocycles. The molecule has 0 unspecified atom stereocenters. The van der Waals surface area contributed by atoms with Crippen LogP contribution < -0.4 is 5.32 Å².